The van der Waals surface area contributed by atoms with E-state index >= 15 is 0 Å². The molecule has 1 aliphatic heterocycles. The van der Waals surface area contributed by atoms with E-state index in [2.05, 4.69) is 37.7 Å². The Labute approximate surface area is 103 Å². The minimum Gasteiger partial charge on any atom is -0.325 e. The van der Waals surface area contributed by atoms with Gasteiger partial charge >= 0.3 is 0 Å². The lowest BCUT2D eigenvalue weighted by Crippen LogP contribution is -2.67. The molecule has 1 aliphatic rings. The van der Waals surface area contributed by atoms with Gasteiger partial charge in [0.25, 0.3) is 0 Å². The Morgan fingerprint density at radius 3 is 2.06 bits per heavy atom. The van der Waals surface area contributed by atoms with Gasteiger partial charge in [0.05, 0.1) is 0 Å². The number of rotatable bonds is 5. The highest BCUT2D eigenvalue weighted by atomic mass is 28.3. The Balaban J connectivity index is 2.91. The highest BCUT2D eigenvalue weighted by Crippen LogP contribution is 2.40. The van der Waals surface area contributed by atoms with Crippen LogP contribution in [0.1, 0.15) is 59.8 Å². The van der Waals surface area contributed by atoms with Gasteiger partial charge in [0, 0.05) is 0 Å². The molecular formula is C13H30N2Si. The van der Waals surface area contributed by atoms with Gasteiger partial charge in [-0.2, -0.15) is 0 Å². The van der Waals surface area contributed by atoms with Gasteiger partial charge in [-0.25, -0.2) is 0 Å². The Bertz CT molecular complexity index is 190. The topological polar surface area (TPSA) is 24.1 Å². The summed E-state index contributed by atoms with van der Waals surface area (Å²) in [5, 5.41) is 0. The average Bonchev–Trinajstić information content (AvgIpc) is 2.41. The van der Waals surface area contributed by atoms with Gasteiger partial charge in [-0.15, -0.1) is 0 Å². The van der Waals surface area contributed by atoms with Crippen LogP contribution in [0.5, 0.6) is 0 Å². The zero-order chi connectivity index (χ0) is 12.0. The number of hydrogen-bond donors (Lipinski definition) is 2. The summed E-state index contributed by atoms with van der Waals surface area (Å²) >= 11 is 0. The summed E-state index contributed by atoms with van der Waals surface area (Å²) in [5.74, 6) is 0. The Morgan fingerprint density at radius 2 is 1.56 bits per heavy atom. The van der Waals surface area contributed by atoms with Crippen LogP contribution in [0.3, 0.4) is 0 Å². The molecule has 0 aromatic rings. The molecule has 2 N–H and O–H groups in total. The van der Waals surface area contributed by atoms with Crippen LogP contribution < -0.4 is 9.96 Å². The monoisotopic (exact) mass is 242 g/mol. The van der Waals surface area contributed by atoms with Gasteiger partial charge in [-0.3, -0.25) is 0 Å². The Kier molecular flexibility index (Phi) is 6.01. The van der Waals surface area contributed by atoms with Gasteiger partial charge in [0.15, 0.2) is 0 Å². The lowest BCUT2D eigenvalue weighted by atomic mass is 10.1. The second-order valence-electron chi connectivity index (χ2n) is 5.22. The zero-order valence-electron chi connectivity index (χ0n) is 11.6. The second kappa shape index (κ2) is 6.77. The molecule has 16 heavy (non-hydrogen) atoms. The lowest BCUT2D eigenvalue weighted by molar-refractivity contribution is 0.622. The van der Waals surface area contributed by atoms with Gasteiger partial charge in [-0.05, 0) is 24.2 Å². The first-order valence-corrected chi connectivity index (χ1v) is 9.36. The molecular weight excluding hydrogens is 212 g/mol. The van der Waals surface area contributed by atoms with Crippen molar-refractivity contribution in [3.63, 3.8) is 0 Å². The van der Waals surface area contributed by atoms with Crippen molar-refractivity contribution in [3.8, 4) is 0 Å². The predicted octanol–water partition coefficient (Wildman–Crippen LogP) is 3.39. The summed E-state index contributed by atoms with van der Waals surface area (Å²) in [4.78, 5) is 7.83. The van der Waals surface area contributed by atoms with Crippen LogP contribution in [-0.2, 0) is 0 Å². The fourth-order valence-corrected chi connectivity index (χ4v) is 8.85. The van der Waals surface area contributed by atoms with Gasteiger partial charge in [0.2, 0.25) is 8.40 Å². The molecule has 0 saturated carbocycles. The lowest BCUT2D eigenvalue weighted by Gasteiger charge is -2.42. The van der Waals surface area contributed by atoms with E-state index in [1.807, 2.05) is 0 Å². The maximum atomic E-state index is 3.92. The fraction of sp³-hybridized carbons (Fsp3) is 1.00. The molecule has 3 heteroatoms. The molecule has 2 unspecified atom stereocenters. The van der Waals surface area contributed by atoms with Crippen molar-refractivity contribution in [1.82, 2.24) is 9.96 Å². The molecule has 0 aromatic heterocycles. The largest absolute Gasteiger partial charge is 0.325 e. The minimum atomic E-state index is -1.47. The summed E-state index contributed by atoms with van der Waals surface area (Å²) < 4.78 is 0. The molecule has 2 nitrogen and oxygen atoms in total. The quantitative estimate of drug-likeness (QED) is 0.722. The van der Waals surface area contributed by atoms with Crippen LogP contribution in [0.4, 0.5) is 0 Å². The summed E-state index contributed by atoms with van der Waals surface area (Å²) in [6.45, 7) is 11.6. The molecule has 0 aliphatic carbocycles. The first-order chi connectivity index (χ1) is 7.71. The number of nitrogens with one attached hydrogen (secondary N) is 2. The molecule has 0 radical (unpaired) electrons. The van der Waals surface area contributed by atoms with Crippen molar-refractivity contribution in [2.24, 2.45) is 0 Å². The van der Waals surface area contributed by atoms with Crippen molar-refractivity contribution in [2.45, 2.75) is 70.9 Å². The summed E-state index contributed by atoms with van der Waals surface area (Å²) in [5.41, 5.74) is 1.80. The Hall–Kier alpha value is 0.137. The first-order valence-electron chi connectivity index (χ1n) is 7.21. The first kappa shape index (κ1) is 14.2. The third-order valence-electron chi connectivity index (χ3n) is 4.29. The van der Waals surface area contributed by atoms with Gasteiger partial charge in [0.1, 0.15) is 0 Å². The van der Waals surface area contributed by atoms with E-state index in [9.17, 15) is 0 Å². The van der Waals surface area contributed by atoms with E-state index < -0.39 is 8.40 Å². The van der Waals surface area contributed by atoms with E-state index in [0.29, 0.717) is 0 Å². The van der Waals surface area contributed by atoms with Gasteiger partial charge in [-0.1, -0.05) is 59.8 Å². The zero-order valence-corrected chi connectivity index (χ0v) is 12.6. The van der Waals surface area contributed by atoms with Crippen LogP contribution >= 0.6 is 0 Å². The second-order valence-corrected chi connectivity index (χ2v) is 9.47. The summed E-state index contributed by atoms with van der Waals surface area (Å²) in [6, 6.07) is 0. The summed E-state index contributed by atoms with van der Waals surface area (Å²) in [7, 11) is -1.47. The van der Waals surface area contributed by atoms with E-state index in [1.165, 1.54) is 32.1 Å². The van der Waals surface area contributed by atoms with E-state index in [4.69, 9.17) is 0 Å². The molecule has 0 aromatic carbocycles. The smallest absolute Gasteiger partial charge is 0.207 e. The Morgan fingerprint density at radius 1 is 1.00 bits per heavy atom. The van der Waals surface area contributed by atoms with Gasteiger partial charge < -0.3 is 9.96 Å². The van der Waals surface area contributed by atoms with Crippen LogP contribution in [0.2, 0.25) is 11.1 Å². The molecule has 1 heterocycles. The van der Waals surface area contributed by atoms with Crippen molar-refractivity contribution in [2.75, 3.05) is 13.1 Å². The van der Waals surface area contributed by atoms with Crippen LogP contribution in [-0.4, -0.2) is 21.5 Å². The maximum absolute atomic E-state index is 3.92. The molecule has 96 valence electrons. The van der Waals surface area contributed by atoms with E-state index in [-0.39, 0.29) is 0 Å². The standard InChI is InChI=1S/C13H30N2Si/c1-5-13-11-9-8-10-12(4)16(13,14-6-2)15-7-3/h12-15H,5-11H2,1-4H3. The van der Waals surface area contributed by atoms with Crippen molar-refractivity contribution < 1.29 is 0 Å². The molecule has 1 saturated heterocycles. The summed E-state index contributed by atoms with van der Waals surface area (Å²) in [6.07, 6.45) is 7.07. The molecule has 1 fully saturated rings. The fourth-order valence-electron chi connectivity index (χ4n) is 3.51. The SMILES string of the molecule is CCN[Si]1(NCC)C(C)CCCCC1CC. The molecule has 2 atom stereocenters. The normalized spacial score (nSPS) is 30.0. The molecule has 1 rings (SSSR count). The predicted molar refractivity (Wildman–Crippen MR) is 75.0 cm³/mol. The highest BCUT2D eigenvalue weighted by Gasteiger charge is 2.45. The van der Waals surface area contributed by atoms with Crippen LogP contribution in [0.15, 0.2) is 0 Å². The molecule has 0 spiro atoms. The van der Waals surface area contributed by atoms with Crippen molar-refractivity contribution in [1.29, 1.82) is 0 Å². The third-order valence-corrected chi connectivity index (χ3v) is 10.00. The minimum absolute atomic E-state index is 0.875. The van der Waals surface area contributed by atoms with E-state index in [1.54, 1.807) is 0 Å². The van der Waals surface area contributed by atoms with Crippen molar-refractivity contribution in [3.05, 3.63) is 0 Å². The molecule has 0 bridgehead atoms. The highest BCUT2D eigenvalue weighted by molar-refractivity contribution is 6.78. The van der Waals surface area contributed by atoms with Crippen molar-refractivity contribution >= 4 is 8.40 Å². The molecule has 0 amide bonds. The van der Waals surface area contributed by atoms with Crippen LogP contribution in [0, 0.1) is 0 Å². The van der Waals surface area contributed by atoms with E-state index in [0.717, 1.165) is 24.2 Å². The average molecular weight is 242 g/mol. The van der Waals surface area contributed by atoms with Crippen LogP contribution in [0.25, 0.3) is 0 Å². The maximum Gasteiger partial charge on any atom is 0.207 e. The number of hydrogen-bond acceptors (Lipinski definition) is 2. The third kappa shape index (κ3) is 2.87.